The highest BCUT2D eigenvalue weighted by atomic mass is 19.4. The number of nitrogens with zero attached hydrogens (tertiary/aromatic N) is 4. The summed E-state index contributed by atoms with van der Waals surface area (Å²) in [6.07, 6.45) is -3.69. The highest BCUT2D eigenvalue weighted by molar-refractivity contribution is 5.77. The van der Waals surface area contributed by atoms with E-state index in [0.29, 0.717) is 31.2 Å². The van der Waals surface area contributed by atoms with E-state index >= 15 is 0 Å². The minimum Gasteiger partial charge on any atom is -0.342 e. The van der Waals surface area contributed by atoms with Crippen LogP contribution in [0.5, 0.6) is 0 Å². The number of fused-ring (bicyclic) bond motifs is 3. The fraction of sp³-hybridized carbons (Fsp3) is 0.550. The van der Waals surface area contributed by atoms with E-state index in [2.05, 4.69) is 10.2 Å². The zero-order valence-electron chi connectivity index (χ0n) is 16.9. The molecule has 0 unspecified atom stereocenters. The van der Waals surface area contributed by atoms with Crippen molar-refractivity contribution >= 4 is 5.91 Å². The highest BCUT2D eigenvalue weighted by Crippen LogP contribution is 2.40. The van der Waals surface area contributed by atoms with Crippen LogP contribution in [0.4, 0.5) is 26.3 Å². The van der Waals surface area contributed by atoms with Crippen LogP contribution in [-0.2, 0) is 23.8 Å². The van der Waals surface area contributed by atoms with Crippen LogP contribution in [0.1, 0.15) is 42.5 Å². The van der Waals surface area contributed by atoms with E-state index in [1.807, 2.05) is 0 Å². The van der Waals surface area contributed by atoms with Crippen LogP contribution in [0.3, 0.4) is 0 Å². The first-order valence-corrected chi connectivity index (χ1v) is 10.2. The van der Waals surface area contributed by atoms with Gasteiger partial charge in [-0.1, -0.05) is 0 Å². The maximum atomic E-state index is 13.8. The molecule has 3 heterocycles. The standard InChI is InChI=1S/C20H21F6N5O/c21-13-8-15(23)14(22)6-11(13)5-12(27)7-18(32)30-4-3-16-10(9-30)1-2-17-28-29-19(31(16)17)20(24,25)26/h6,8,10,12,16H,1-5,7,9,27H2/t10-,12+,16-/m0/s1. The summed E-state index contributed by atoms with van der Waals surface area (Å²) in [5.41, 5.74) is 5.81. The van der Waals surface area contributed by atoms with Gasteiger partial charge in [-0.2, -0.15) is 13.2 Å². The number of nitrogens with two attached hydrogens (primary N) is 1. The van der Waals surface area contributed by atoms with Crippen LogP contribution in [0, 0.1) is 23.4 Å². The molecule has 2 aliphatic heterocycles. The lowest BCUT2D eigenvalue weighted by Gasteiger charge is -2.42. The van der Waals surface area contributed by atoms with Gasteiger partial charge in [-0.3, -0.25) is 4.79 Å². The van der Waals surface area contributed by atoms with Crippen molar-refractivity contribution < 1.29 is 31.1 Å². The second-order valence-electron chi connectivity index (χ2n) is 8.33. The molecule has 1 fully saturated rings. The Balaban J connectivity index is 1.39. The fourth-order valence-electron chi connectivity index (χ4n) is 4.65. The van der Waals surface area contributed by atoms with Gasteiger partial charge < -0.3 is 15.2 Å². The Morgan fingerprint density at radius 3 is 2.56 bits per heavy atom. The first-order valence-electron chi connectivity index (χ1n) is 10.2. The number of alkyl halides is 3. The summed E-state index contributed by atoms with van der Waals surface area (Å²) in [6, 6.07) is -0.120. The monoisotopic (exact) mass is 461 g/mol. The van der Waals surface area contributed by atoms with Crippen LogP contribution in [0.15, 0.2) is 12.1 Å². The number of amides is 1. The number of hydrogen-bond donors (Lipinski definition) is 1. The number of piperidine rings is 1. The molecular formula is C20H21F6N5O. The Hall–Kier alpha value is -2.63. The summed E-state index contributed by atoms with van der Waals surface area (Å²) in [7, 11) is 0. The molecule has 0 aliphatic carbocycles. The maximum Gasteiger partial charge on any atom is 0.451 e. The third-order valence-electron chi connectivity index (χ3n) is 6.15. The summed E-state index contributed by atoms with van der Waals surface area (Å²) in [5, 5.41) is 7.00. The van der Waals surface area contributed by atoms with Gasteiger partial charge in [0.1, 0.15) is 11.6 Å². The van der Waals surface area contributed by atoms with E-state index in [0.717, 1.165) is 10.6 Å². The summed E-state index contributed by atoms with van der Waals surface area (Å²) >= 11 is 0. The van der Waals surface area contributed by atoms with Gasteiger partial charge in [0, 0.05) is 44.1 Å². The van der Waals surface area contributed by atoms with Crippen LogP contribution >= 0.6 is 0 Å². The normalized spacial score (nSPS) is 21.8. The van der Waals surface area contributed by atoms with E-state index in [9.17, 15) is 31.1 Å². The van der Waals surface area contributed by atoms with Gasteiger partial charge in [0.15, 0.2) is 11.6 Å². The maximum absolute atomic E-state index is 13.8. The first-order chi connectivity index (χ1) is 15.0. The molecule has 1 aromatic heterocycles. The molecule has 32 heavy (non-hydrogen) atoms. The third-order valence-corrected chi connectivity index (χ3v) is 6.15. The van der Waals surface area contributed by atoms with Gasteiger partial charge >= 0.3 is 6.18 Å². The number of halogens is 6. The molecule has 1 amide bonds. The molecule has 2 aromatic rings. The molecular weight excluding hydrogens is 440 g/mol. The number of benzene rings is 1. The molecule has 0 spiro atoms. The Morgan fingerprint density at radius 1 is 1.12 bits per heavy atom. The van der Waals surface area contributed by atoms with E-state index in [-0.39, 0.29) is 43.3 Å². The quantitative estimate of drug-likeness (QED) is 0.561. The number of likely N-dealkylation sites (tertiary alicyclic amines) is 1. The Kier molecular flexibility index (Phi) is 5.91. The minimum absolute atomic E-state index is 0.130. The minimum atomic E-state index is -4.61. The van der Waals surface area contributed by atoms with Gasteiger partial charge in [0.25, 0.3) is 0 Å². The lowest BCUT2D eigenvalue weighted by atomic mass is 9.84. The predicted molar refractivity (Wildman–Crippen MR) is 99.7 cm³/mol. The van der Waals surface area contributed by atoms with Crippen LogP contribution in [-0.4, -0.2) is 44.7 Å². The average Bonchev–Trinajstić information content (AvgIpc) is 3.16. The number of hydrogen-bond acceptors (Lipinski definition) is 4. The van der Waals surface area contributed by atoms with E-state index in [4.69, 9.17) is 5.73 Å². The van der Waals surface area contributed by atoms with Gasteiger partial charge in [-0.05, 0) is 36.8 Å². The number of aromatic nitrogens is 3. The van der Waals surface area contributed by atoms with Gasteiger partial charge in [-0.15, -0.1) is 10.2 Å². The zero-order valence-corrected chi connectivity index (χ0v) is 16.9. The Bertz CT molecular complexity index is 1020. The van der Waals surface area contributed by atoms with Crippen molar-refractivity contribution in [3.8, 4) is 0 Å². The number of aryl methyl sites for hydroxylation is 1. The molecule has 1 aromatic carbocycles. The second kappa shape index (κ2) is 8.38. The fourth-order valence-corrected chi connectivity index (χ4v) is 4.65. The smallest absolute Gasteiger partial charge is 0.342 e. The molecule has 2 N–H and O–H groups in total. The summed E-state index contributed by atoms with van der Waals surface area (Å²) in [6.45, 7) is 0.506. The van der Waals surface area contributed by atoms with Gasteiger partial charge in [0.05, 0.1) is 0 Å². The zero-order chi connectivity index (χ0) is 23.2. The average molecular weight is 461 g/mol. The van der Waals surface area contributed by atoms with Crippen LogP contribution < -0.4 is 5.73 Å². The molecule has 1 saturated heterocycles. The predicted octanol–water partition coefficient (Wildman–Crippen LogP) is 3.01. The lowest BCUT2D eigenvalue weighted by molar-refractivity contribution is -0.150. The number of carbonyl (C=O) groups is 1. The van der Waals surface area contributed by atoms with Crippen molar-refractivity contribution in [1.29, 1.82) is 0 Å². The molecule has 0 radical (unpaired) electrons. The largest absolute Gasteiger partial charge is 0.451 e. The topological polar surface area (TPSA) is 77.0 Å². The van der Waals surface area contributed by atoms with Crippen LogP contribution in [0.25, 0.3) is 0 Å². The molecule has 6 nitrogen and oxygen atoms in total. The van der Waals surface area contributed by atoms with Gasteiger partial charge in [0.2, 0.25) is 11.7 Å². The van der Waals surface area contributed by atoms with Gasteiger partial charge in [-0.25, -0.2) is 13.2 Å². The summed E-state index contributed by atoms with van der Waals surface area (Å²) in [5.74, 6) is -4.67. The van der Waals surface area contributed by atoms with Crippen molar-refractivity contribution in [1.82, 2.24) is 19.7 Å². The van der Waals surface area contributed by atoms with E-state index in [1.54, 1.807) is 4.90 Å². The van der Waals surface area contributed by atoms with E-state index in [1.165, 1.54) is 0 Å². The van der Waals surface area contributed by atoms with Crippen molar-refractivity contribution in [3.63, 3.8) is 0 Å². The Morgan fingerprint density at radius 2 is 1.84 bits per heavy atom. The molecule has 2 aliphatic rings. The Labute approximate surface area is 179 Å². The third kappa shape index (κ3) is 4.32. The number of carbonyl (C=O) groups excluding carboxylic acids is 1. The highest BCUT2D eigenvalue weighted by Gasteiger charge is 2.45. The van der Waals surface area contributed by atoms with Crippen molar-refractivity contribution in [2.75, 3.05) is 13.1 Å². The van der Waals surface area contributed by atoms with Crippen LogP contribution in [0.2, 0.25) is 0 Å². The second-order valence-corrected chi connectivity index (χ2v) is 8.33. The molecule has 0 bridgehead atoms. The number of rotatable bonds is 4. The van der Waals surface area contributed by atoms with Crippen molar-refractivity contribution in [2.45, 2.75) is 50.4 Å². The SMILES string of the molecule is N[C@@H](CC(=O)N1CC[C@H]2[C@@H](CCc3nnc(C(F)(F)F)n32)C1)Cc1cc(F)c(F)cc1F. The molecule has 12 heteroatoms. The molecule has 3 atom stereocenters. The molecule has 0 saturated carbocycles. The van der Waals surface area contributed by atoms with E-state index < -0.39 is 41.5 Å². The van der Waals surface area contributed by atoms with Crippen molar-refractivity contribution in [3.05, 3.63) is 46.8 Å². The molecule has 4 rings (SSSR count). The van der Waals surface area contributed by atoms with Crippen molar-refractivity contribution in [2.24, 2.45) is 11.7 Å². The molecule has 174 valence electrons. The lowest BCUT2D eigenvalue weighted by Crippen LogP contribution is -2.48. The summed E-state index contributed by atoms with van der Waals surface area (Å²) in [4.78, 5) is 14.3. The first kappa shape index (κ1) is 22.6. The summed E-state index contributed by atoms with van der Waals surface area (Å²) < 4.78 is 81.3.